The van der Waals surface area contributed by atoms with Gasteiger partial charge in [0, 0.05) is 18.8 Å². The van der Waals surface area contributed by atoms with Gasteiger partial charge in [0.05, 0.1) is 0 Å². The minimum Gasteiger partial charge on any atom is -0.356 e. The summed E-state index contributed by atoms with van der Waals surface area (Å²) < 4.78 is 0. The number of carbonyl (C=O) groups excluding carboxylic acids is 1. The van der Waals surface area contributed by atoms with Crippen molar-refractivity contribution in [3.05, 3.63) is 35.4 Å². The predicted molar refractivity (Wildman–Crippen MR) is 81.6 cm³/mol. The third kappa shape index (κ3) is 7.22. The summed E-state index contributed by atoms with van der Waals surface area (Å²) in [5.74, 6) is 1.37. The molecular formula is C16H24ClNO. The van der Waals surface area contributed by atoms with E-state index in [4.69, 9.17) is 11.6 Å². The van der Waals surface area contributed by atoms with Gasteiger partial charge >= 0.3 is 0 Å². The molecule has 0 bridgehead atoms. The molecule has 0 aliphatic heterocycles. The number of aryl methyl sites for hydroxylation is 2. The molecule has 0 fully saturated rings. The maximum Gasteiger partial charge on any atom is 0.220 e. The number of hydrogen-bond acceptors (Lipinski definition) is 1. The second kappa shape index (κ2) is 8.98. The van der Waals surface area contributed by atoms with E-state index in [0.29, 0.717) is 18.2 Å². The fourth-order valence-corrected chi connectivity index (χ4v) is 2.12. The van der Waals surface area contributed by atoms with Crippen LogP contribution in [0.1, 0.15) is 37.3 Å². The zero-order valence-electron chi connectivity index (χ0n) is 11.9. The molecule has 0 spiro atoms. The number of rotatable bonds is 8. The second-order valence-corrected chi connectivity index (χ2v) is 5.55. The Morgan fingerprint density at radius 2 is 2.21 bits per heavy atom. The number of carbonyl (C=O) groups is 1. The quantitative estimate of drug-likeness (QED) is 0.571. The van der Waals surface area contributed by atoms with Crippen molar-refractivity contribution in [2.24, 2.45) is 5.92 Å². The van der Waals surface area contributed by atoms with Gasteiger partial charge in [-0.2, -0.15) is 0 Å². The number of alkyl halides is 1. The van der Waals surface area contributed by atoms with Crippen LogP contribution < -0.4 is 5.32 Å². The number of nitrogens with one attached hydrogen (secondary N) is 1. The molecule has 0 saturated carbocycles. The summed E-state index contributed by atoms with van der Waals surface area (Å²) in [6.45, 7) is 4.96. The van der Waals surface area contributed by atoms with E-state index in [9.17, 15) is 4.79 Å². The van der Waals surface area contributed by atoms with Gasteiger partial charge in [0.25, 0.3) is 0 Å². The maximum atomic E-state index is 11.7. The van der Waals surface area contributed by atoms with Gasteiger partial charge in [0.15, 0.2) is 0 Å². The molecule has 0 aliphatic carbocycles. The van der Waals surface area contributed by atoms with Gasteiger partial charge < -0.3 is 5.32 Å². The van der Waals surface area contributed by atoms with Crippen molar-refractivity contribution in [1.82, 2.24) is 5.32 Å². The van der Waals surface area contributed by atoms with Crippen molar-refractivity contribution in [3.63, 3.8) is 0 Å². The first-order chi connectivity index (χ1) is 9.11. The Morgan fingerprint density at radius 3 is 2.89 bits per heavy atom. The highest BCUT2D eigenvalue weighted by atomic mass is 35.5. The van der Waals surface area contributed by atoms with Crippen molar-refractivity contribution in [1.29, 1.82) is 0 Å². The van der Waals surface area contributed by atoms with E-state index in [0.717, 1.165) is 25.8 Å². The normalized spacial score (nSPS) is 12.2. The molecule has 0 aliphatic rings. The molecule has 106 valence electrons. The smallest absolute Gasteiger partial charge is 0.220 e. The van der Waals surface area contributed by atoms with Crippen LogP contribution in [0.3, 0.4) is 0 Å². The Kier molecular flexibility index (Phi) is 7.57. The lowest BCUT2D eigenvalue weighted by molar-refractivity contribution is -0.121. The van der Waals surface area contributed by atoms with Crippen molar-refractivity contribution in [2.75, 3.05) is 12.4 Å². The number of halogens is 1. The summed E-state index contributed by atoms with van der Waals surface area (Å²) in [5, 5.41) is 2.96. The average Bonchev–Trinajstić information content (AvgIpc) is 2.41. The summed E-state index contributed by atoms with van der Waals surface area (Å²) in [6.07, 6.45) is 3.45. The topological polar surface area (TPSA) is 29.1 Å². The summed E-state index contributed by atoms with van der Waals surface area (Å²) >= 11 is 5.74. The predicted octanol–water partition coefficient (Wildman–Crippen LogP) is 3.70. The van der Waals surface area contributed by atoms with Crippen molar-refractivity contribution in [2.45, 2.75) is 39.5 Å². The van der Waals surface area contributed by atoms with Crippen LogP contribution in [-0.2, 0) is 11.2 Å². The summed E-state index contributed by atoms with van der Waals surface area (Å²) in [5.41, 5.74) is 2.47. The fourth-order valence-electron chi connectivity index (χ4n) is 1.97. The Morgan fingerprint density at radius 1 is 1.42 bits per heavy atom. The van der Waals surface area contributed by atoms with Crippen LogP contribution in [0.25, 0.3) is 0 Å². The molecule has 2 nitrogen and oxygen atoms in total. The number of hydrogen-bond donors (Lipinski definition) is 1. The Balaban J connectivity index is 2.14. The SMILES string of the molecule is Cc1cccc(CCC(=O)NCCCC(C)CCl)c1. The second-order valence-electron chi connectivity index (χ2n) is 5.24. The molecule has 1 unspecified atom stereocenters. The first-order valence-corrected chi connectivity index (χ1v) is 7.53. The number of amides is 1. The average molecular weight is 282 g/mol. The lowest BCUT2D eigenvalue weighted by Gasteiger charge is -2.08. The Bertz CT molecular complexity index is 392. The molecule has 0 aromatic heterocycles. The van der Waals surface area contributed by atoms with Crippen molar-refractivity contribution >= 4 is 17.5 Å². The summed E-state index contributed by atoms with van der Waals surface area (Å²) in [7, 11) is 0. The number of benzene rings is 1. The largest absolute Gasteiger partial charge is 0.356 e. The zero-order chi connectivity index (χ0) is 14.1. The van der Waals surface area contributed by atoms with Gasteiger partial charge in [-0.3, -0.25) is 4.79 Å². The van der Waals surface area contributed by atoms with Gasteiger partial charge in [0.2, 0.25) is 5.91 Å². The maximum absolute atomic E-state index is 11.7. The highest BCUT2D eigenvalue weighted by molar-refractivity contribution is 6.18. The third-order valence-electron chi connectivity index (χ3n) is 3.18. The van der Waals surface area contributed by atoms with Gasteiger partial charge in [0.1, 0.15) is 0 Å². The van der Waals surface area contributed by atoms with E-state index < -0.39 is 0 Å². The van der Waals surface area contributed by atoms with E-state index in [2.05, 4.69) is 37.4 Å². The lowest BCUT2D eigenvalue weighted by Crippen LogP contribution is -2.25. The highest BCUT2D eigenvalue weighted by Gasteiger charge is 2.03. The molecule has 0 radical (unpaired) electrons. The van der Waals surface area contributed by atoms with Gasteiger partial charge in [-0.25, -0.2) is 0 Å². The van der Waals surface area contributed by atoms with Crippen LogP contribution in [0.5, 0.6) is 0 Å². The van der Waals surface area contributed by atoms with E-state index in [-0.39, 0.29) is 5.91 Å². The molecule has 3 heteroatoms. The van der Waals surface area contributed by atoms with Gasteiger partial charge in [-0.1, -0.05) is 36.8 Å². The van der Waals surface area contributed by atoms with Crippen LogP contribution in [0.15, 0.2) is 24.3 Å². The fraction of sp³-hybridized carbons (Fsp3) is 0.562. The van der Waals surface area contributed by atoms with Crippen LogP contribution in [0.2, 0.25) is 0 Å². The van der Waals surface area contributed by atoms with Gasteiger partial charge in [-0.15, -0.1) is 11.6 Å². The standard InChI is InChI=1S/C16H24ClNO/c1-13-5-3-7-15(11-13)8-9-16(19)18-10-4-6-14(2)12-17/h3,5,7,11,14H,4,6,8-10,12H2,1-2H3,(H,18,19). The molecule has 1 amide bonds. The zero-order valence-corrected chi connectivity index (χ0v) is 12.7. The molecule has 0 saturated heterocycles. The third-order valence-corrected chi connectivity index (χ3v) is 3.71. The van der Waals surface area contributed by atoms with Crippen LogP contribution in [0, 0.1) is 12.8 Å². The van der Waals surface area contributed by atoms with Gasteiger partial charge in [-0.05, 0) is 37.7 Å². The molecular weight excluding hydrogens is 258 g/mol. The molecule has 0 heterocycles. The van der Waals surface area contributed by atoms with Crippen molar-refractivity contribution in [3.8, 4) is 0 Å². The molecule has 1 aromatic carbocycles. The van der Waals surface area contributed by atoms with E-state index in [1.165, 1.54) is 11.1 Å². The molecule has 1 rings (SSSR count). The summed E-state index contributed by atoms with van der Waals surface area (Å²) in [4.78, 5) is 11.7. The molecule has 1 atom stereocenters. The molecule has 1 aromatic rings. The first-order valence-electron chi connectivity index (χ1n) is 7.00. The van der Waals surface area contributed by atoms with E-state index in [1.807, 2.05) is 6.07 Å². The monoisotopic (exact) mass is 281 g/mol. The lowest BCUT2D eigenvalue weighted by atomic mass is 10.1. The summed E-state index contributed by atoms with van der Waals surface area (Å²) in [6, 6.07) is 8.32. The van der Waals surface area contributed by atoms with Crippen LogP contribution in [0.4, 0.5) is 0 Å². The minimum absolute atomic E-state index is 0.139. The highest BCUT2D eigenvalue weighted by Crippen LogP contribution is 2.07. The van der Waals surface area contributed by atoms with Crippen LogP contribution >= 0.6 is 11.6 Å². The van der Waals surface area contributed by atoms with Crippen molar-refractivity contribution < 1.29 is 4.79 Å². The van der Waals surface area contributed by atoms with Crippen LogP contribution in [-0.4, -0.2) is 18.3 Å². The molecule has 19 heavy (non-hydrogen) atoms. The minimum atomic E-state index is 0.139. The molecule has 1 N–H and O–H groups in total. The Hall–Kier alpha value is -1.02. The van der Waals surface area contributed by atoms with E-state index >= 15 is 0 Å². The first kappa shape index (κ1) is 16.0. The van der Waals surface area contributed by atoms with E-state index in [1.54, 1.807) is 0 Å². The Labute approximate surface area is 121 Å².